The Balaban J connectivity index is 1.70. The van der Waals surface area contributed by atoms with Gasteiger partial charge >= 0.3 is 0 Å². The molecule has 3 aromatic rings. The molecule has 2 nitrogen and oxygen atoms in total. The Hall–Kier alpha value is -1.49. The number of thiophene rings is 1. The Labute approximate surface area is 148 Å². The zero-order valence-corrected chi connectivity index (χ0v) is 14.7. The second-order valence-corrected chi connectivity index (χ2v) is 7.64. The van der Waals surface area contributed by atoms with E-state index in [1.165, 1.54) is 4.88 Å². The molecule has 5 heteroatoms. The van der Waals surface area contributed by atoms with Gasteiger partial charge in [0.25, 0.3) is 0 Å². The first-order valence-electron chi connectivity index (χ1n) is 7.18. The van der Waals surface area contributed by atoms with Crippen LogP contribution in [0.25, 0.3) is 0 Å². The summed E-state index contributed by atoms with van der Waals surface area (Å²) >= 11 is 9.30. The van der Waals surface area contributed by atoms with Crippen molar-refractivity contribution in [3.63, 3.8) is 0 Å². The van der Waals surface area contributed by atoms with Crippen LogP contribution in [0.15, 0.2) is 64.6 Å². The summed E-state index contributed by atoms with van der Waals surface area (Å²) in [6.07, 6.45) is 2.14. The smallest absolute Gasteiger partial charge is 0.164 e. The summed E-state index contributed by atoms with van der Waals surface area (Å²) in [5, 5.41) is 2.81. The molecule has 2 aromatic heterocycles. The van der Waals surface area contributed by atoms with Crippen molar-refractivity contribution in [3.05, 3.63) is 81.4 Å². The Morgan fingerprint density at radius 3 is 2.65 bits per heavy atom. The van der Waals surface area contributed by atoms with Gasteiger partial charge in [-0.15, -0.1) is 23.1 Å². The van der Waals surface area contributed by atoms with Crippen LogP contribution in [0.4, 0.5) is 0 Å². The van der Waals surface area contributed by atoms with Crippen LogP contribution in [0.1, 0.15) is 32.7 Å². The van der Waals surface area contributed by atoms with Gasteiger partial charge in [0, 0.05) is 27.1 Å². The average molecular weight is 363 g/mol. The number of hydrogen-bond donors (Lipinski definition) is 0. The first-order valence-corrected chi connectivity index (χ1v) is 9.49. The molecule has 1 unspecified atom stereocenters. The molecule has 0 aliphatic rings. The van der Waals surface area contributed by atoms with E-state index in [0.29, 0.717) is 17.0 Å². The molecule has 0 saturated carbocycles. The average Bonchev–Trinajstić information content (AvgIpc) is 3.25. The van der Waals surface area contributed by atoms with Gasteiger partial charge in [-0.3, -0.25) is 4.79 Å². The number of Topliss-reactive ketones (excluding diaryl/α,β-unsaturated/α-hetero) is 1. The van der Waals surface area contributed by atoms with Crippen LogP contribution in [-0.2, 0) is 5.75 Å². The number of halogens is 1. The molecule has 0 aliphatic carbocycles. The minimum atomic E-state index is 0.128. The van der Waals surface area contributed by atoms with E-state index < -0.39 is 0 Å². The van der Waals surface area contributed by atoms with Crippen LogP contribution in [0.2, 0.25) is 5.02 Å². The van der Waals surface area contributed by atoms with Crippen molar-refractivity contribution >= 4 is 40.5 Å². The van der Waals surface area contributed by atoms with Gasteiger partial charge in [-0.25, -0.2) is 0 Å². The highest BCUT2D eigenvalue weighted by atomic mass is 35.5. The van der Waals surface area contributed by atoms with Gasteiger partial charge in [-0.1, -0.05) is 17.7 Å². The summed E-state index contributed by atoms with van der Waals surface area (Å²) < 4.78 is 5.39. The van der Waals surface area contributed by atoms with E-state index in [0.717, 1.165) is 11.5 Å². The number of benzene rings is 1. The van der Waals surface area contributed by atoms with Crippen LogP contribution < -0.4 is 0 Å². The van der Waals surface area contributed by atoms with Gasteiger partial charge in [0.05, 0.1) is 12.0 Å². The van der Waals surface area contributed by atoms with E-state index in [1.54, 1.807) is 53.6 Å². The van der Waals surface area contributed by atoms with E-state index in [1.807, 2.05) is 23.6 Å². The summed E-state index contributed by atoms with van der Waals surface area (Å²) in [5.74, 6) is 1.81. The Bertz CT molecular complexity index is 734. The second-order valence-electron chi connectivity index (χ2n) is 5.03. The highest BCUT2D eigenvalue weighted by molar-refractivity contribution is 7.98. The van der Waals surface area contributed by atoms with Gasteiger partial charge in [-0.2, -0.15) is 0 Å². The second kappa shape index (κ2) is 7.86. The number of ketones is 1. The fraction of sp³-hybridized carbons (Fsp3) is 0.167. The lowest BCUT2D eigenvalue weighted by Gasteiger charge is -2.14. The largest absolute Gasteiger partial charge is 0.468 e. The quantitative estimate of drug-likeness (QED) is 0.466. The van der Waals surface area contributed by atoms with Gasteiger partial charge in [0.1, 0.15) is 5.76 Å². The zero-order valence-electron chi connectivity index (χ0n) is 12.3. The molecule has 23 heavy (non-hydrogen) atoms. The lowest BCUT2D eigenvalue weighted by Crippen LogP contribution is -2.04. The number of thioether (sulfide) groups is 1. The standard InChI is InChI=1S/C18H15ClO2S2/c19-14-7-5-13(6-8-14)16(20)11-18(17-4-2-10-22-17)23-12-15-3-1-9-21-15/h1-10,18H,11-12H2. The summed E-state index contributed by atoms with van der Waals surface area (Å²) in [4.78, 5) is 13.8. The molecule has 0 spiro atoms. The van der Waals surface area contributed by atoms with Crippen LogP contribution in [0.3, 0.4) is 0 Å². The predicted octanol–water partition coefficient (Wildman–Crippen LogP) is 6.24. The molecule has 0 amide bonds. The fourth-order valence-electron chi connectivity index (χ4n) is 2.22. The molecule has 0 radical (unpaired) electrons. The number of rotatable bonds is 7. The molecular formula is C18H15ClO2S2. The van der Waals surface area contributed by atoms with E-state index in [2.05, 4.69) is 6.07 Å². The maximum absolute atomic E-state index is 12.5. The maximum Gasteiger partial charge on any atom is 0.164 e. The molecule has 0 aliphatic heterocycles. The number of hydrogen-bond acceptors (Lipinski definition) is 4. The number of carbonyl (C=O) groups excluding carboxylic acids is 1. The van der Waals surface area contributed by atoms with Crippen molar-refractivity contribution in [2.75, 3.05) is 0 Å². The van der Waals surface area contributed by atoms with Crippen molar-refractivity contribution < 1.29 is 9.21 Å². The van der Waals surface area contributed by atoms with Crippen molar-refractivity contribution in [1.29, 1.82) is 0 Å². The molecule has 0 N–H and O–H groups in total. The van der Waals surface area contributed by atoms with Crippen molar-refractivity contribution in [3.8, 4) is 0 Å². The SMILES string of the molecule is O=C(CC(SCc1ccco1)c1cccs1)c1ccc(Cl)cc1. The molecule has 118 valence electrons. The topological polar surface area (TPSA) is 30.2 Å². The molecule has 0 bridgehead atoms. The lowest BCUT2D eigenvalue weighted by molar-refractivity contribution is 0.0982. The molecule has 1 atom stereocenters. The highest BCUT2D eigenvalue weighted by Gasteiger charge is 2.19. The summed E-state index contributed by atoms with van der Waals surface area (Å²) in [6.45, 7) is 0. The third-order valence-electron chi connectivity index (χ3n) is 3.40. The highest BCUT2D eigenvalue weighted by Crippen LogP contribution is 2.38. The monoisotopic (exact) mass is 362 g/mol. The summed E-state index contributed by atoms with van der Waals surface area (Å²) in [7, 11) is 0. The Morgan fingerprint density at radius 2 is 2.00 bits per heavy atom. The summed E-state index contributed by atoms with van der Waals surface area (Å²) in [6, 6.07) is 15.0. The lowest BCUT2D eigenvalue weighted by atomic mass is 10.1. The Morgan fingerprint density at radius 1 is 1.17 bits per heavy atom. The molecular weight excluding hydrogens is 348 g/mol. The van der Waals surface area contributed by atoms with E-state index in [4.69, 9.17) is 16.0 Å². The van der Waals surface area contributed by atoms with Gasteiger partial charge in [-0.05, 0) is 47.8 Å². The minimum Gasteiger partial charge on any atom is -0.468 e. The maximum atomic E-state index is 12.5. The first-order chi connectivity index (χ1) is 11.2. The van der Waals surface area contributed by atoms with E-state index >= 15 is 0 Å². The van der Waals surface area contributed by atoms with Crippen LogP contribution in [-0.4, -0.2) is 5.78 Å². The fourth-order valence-corrected chi connectivity index (χ4v) is 4.46. The normalized spacial score (nSPS) is 12.2. The van der Waals surface area contributed by atoms with Gasteiger partial charge < -0.3 is 4.42 Å². The Kier molecular flexibility index (Phi) is 5.60. The van der Waals surface area contributed by atoms with Crippen LogP contribution in [0.5, 0.6) is 0 Å². The molecule has 0 saturated heterocycles. The van der Waals surface area contributed by atoms with Crippen LogP contribution >= 0.6 is 34.7 Å². The molecule has 2 heterocycles. The minimum absolute atomic E-state index is 0.128. The van der Waals surface area contributed by atoms with Gasteiger partial charge in [0.15, 0.2) is 5.78 Å². The third-order valence-corrected chi connectivity index (χ3v) is 6.07. The van der Waals surface area contributed by atoms with Crippen molar-refractivity contribution in [2.45, 2.75) is 17.4 Å². The van der Waals surface area contributed by atoms with Crippen molar-refractivity contribution in [1.82, 2.24) is 0 Å². The molecule has 0 fully saturated rings. The predicted molar refractivity (Wildman–Crippen MR) is 97.5 cm³/mol. The zero-order chi connectivity index (χ0) is 16.1. The third kappa shape index (κ3) is 4.50. The summed E-state index contributed by atoms with van der Waals surface area (Å²) in [5.41, 5.74) is 0.703. The first kappa shape index (κ1) is 16.4. The number of carbonyl (C=O) groups is 1. The molecule has 1 aromatic carbocycles. The van der Waals surface area contributed by atoms with E-state index in [-0.39, 0.29) is 11.0 Å². The van der Waals surface area contributed by atoms with E-state index in [9.17, 15) is 4.79 Å². The van der Waals surface area contributed by atoms with Crippen molar-refractivity contribution in [2.24, 2.45) is 0 Å². The molecule has 3 rings (SSSR count). The number of furan rings is 1. The van der Waals surface area contributed by atoms with Crippen LogP contribution in [0, 0.1) is 0 Å². The van der Waals surface area contributed by atoms with Gasteiger partial charge in [0.2, 0.25) is 0 Å².